The van der Waals surface area contributed by atoms with Crippen molar-refractivity contribution in [3.8, 4) is 0 Å². The number of carbonyl (C=O) groups excluding carboxylic acids is 1. The Morgan fingerprint density at radius 1 is 1.08 bits per heavy atom. The number of benzene rings is 1. The van der Waals surface area contributed by atoms with Gasteiger partial charge in [0.25, 0.3) is 5.91 Å². The molecule has 6 heteroatoms. The number of aromatic nitrogens is 3. The van der Waals surface area contributed by atoms with E-state index in [0.29, 0.717) is 13.1 Å². The number of fused-ring (bicyclic) bond motifs is 1. The molecule has 1 fully saturated rings. The zero-order valence-electron chi connectivity index (χ0n) is 13.6. The molecular formula is C18H19N5O. The van der Waals surface area contributed by atoms with Crippen LogP contribution in [-0.4, -0.2) is 51.5 Å². The molecule has 122 valence electrons. The second-order valence-electron chi connectivity index (χ2n) is 6.02. The van der Waals surface area contributed by atoms with E-state index in [2.05, 4.69) is 14.9 Å². The lowest BCUT2D eigenvalue weighted by Crippen LogP contribution is -2.49. The summed E-state index contributed by atoms with van der Waals surface area (Å²) < 4.78 is 2.01. The van der Waals surface area contributed by atoms with E-state index in [1.54, 1.807) is 12.5 Å². The van der Waals surface area contributed by atoms with Gasteiger partial charge in [0.1, 0.15) is 12.1 Å². The highest BCUT2D eigenvalue weighted by atomic mass is 16.2. The van der Waals surface area contributed by atoms with E-state index in [0.717, 1.165) is 35.4 Å². The van der Waals surface area contributed by atoms with Crippen molar-refractivity contribution in [1.29, 1.82) is 0 Å². The van der Waals surface area contributed by atoms with Crippen LogP contribution in [-0.2, 0) is 7.05 Å². The third kappa shape index (κ3) is 2.50. The highest BCUT2D eigenvalue weighted by Crippen LogP contribution is 2.22. The summed E-state index contributed by atoms with van der Waals surface area (Å²) in [5, 5.41) is 1.10. The van der Waals surface area contributed by atoms with Crippen LogP contribution in [0.15, 0.2) is 49.1 Å². The number of amides is 1. The Bertz CT molecular complexity index is 866. The monoisotopic (exact) mass is 321 g/mol. The van der Waals surface area contributed by atoms with Crippen LogP contribution in [0.2, 0.25) is 0 Å². The van der Waals surface area contributed by atoms with E-state index in [-0.39, 0.29) is 5.91 Å². The van der Waals surface area contributed by atoms with Gasteiger partial charge in [0.15, 0.2) is 0 Å². The standard InChI is InChI=1S/C18H19N5O/c1-21-8-6-14-3-2-4-15(17(14)21)18(24)23-11-9-22(10-12-23)16-5-7-19-13-20-16/h2-8,13H,9-12H2,1H3. The zero-order chi connectivity index (χ0) is 16.5. The van der Waals surface area contributed by atoms with E-state index in [9.17, 15) is 4.79 Å². The van der Waals surface area contributed by atoms with Crippen LogP contribution < -0.4 is 4.90 Å². The van der Waals surface area contributed by atoms with Crippen LogP contribution in [0.1, 0.15) is 10.4 Å². The average Bonchev–Trinajstić information content (AvgIpc) is 3.03. The SMILES string of the molecule is Cn1ccc2cccc(C(=O)N3CCN(c4ccncn4)CC3)c21. The zero-order valence-corrected chi connectivity index (χ0v) is 13.6. The number of nitrogens with zero attached hydrogens (tertiary/aromatic N) is 5. The van der Waals surface area contributed by atoms with E-state index in [1.807, 2.05) is 53.0 Å². The quantitative estimate of drug-likeness (QED) is 0.724. The Morgan fingerprint density at radius 3 is 2.67 bits per heavy atom. The first-order valence-electron chi connectivity index (χ1n) is 8.08. The van der Waals surface area contributed by atoms with Gasteiger partial charge in [-0.25, -0.2) is 9.97 Å². The highest BCUT2D eigenvalue weighted by Gasteiger charge is 2.24. The smallest absolute Gasteiger partial charge is 0.256 e. The molecule has 3 aromatic rings. The van der Waals surface area contributed by atoms with Crippen molar-refractivity contribution in [2.45, 2.75) is 0 Å². The Kier molecular flexibility index (Phi) is 3.65. The van der Waals surface area contributed by atoms with Gasteiger partial charge in [-0.05, 0) is 18.2 Å². The fourth-order valence-corrected chi connectivity index (χ4v) is 3.31. The minimum absolute atomic E-state index is 0.102. The molecule has 0 N–H and O–H groups in total. The molecule has 0 spiro atoms. The Balaban J connectivity index is 1.53. The Labute approximate surface area is 140 Å². The molecule has 4 rings (SSSR count). The maximum absolute atomic E-state index is 13.0. The van der Waals surface area contributed by atoms with Crippen LogP contribution in [0.4, 0.5) is 5.82 Å². The molecule has 0 atom stereocenters. The van der Waals surface area contributed by atoms with E-state index >= 15 is 0 Å². The first-order chi connectivity index (χ1) is 11.7. The van der Waals surface area contributed by atoms with Crippen molar-refractivity contribution >= 4 is 22.6 Å². The van der Waals surface area contributed by atoms with Crippen molar-refractivity contribution in [1.82, 2.24) is 19.4 Å². The maximum Gasteiger partial charge on any atom is 0.256 e. The largest absolute Gasteiger partial charge is 0.353 e. The number of anilines is 1. The average molecular weight is 321 g/mol. The first-order valence-corrected chi connectivity index (χ1v) is 8.08. The van der Waals surface area contributed by atoms with Crippen LogP contribution in [0.25, 0.3) is 10.9 Å². The van der Waals surface area contributed by atoms with E-state index in [4.69, 9.17) is 0 Å². The van der Waals surface area contributed by atoms with Crippen LogP contribution in [0.5, 0.6) is 0 Å². The second-order valence-corrected chi connectivity index (χ2v) is 6.02. The maximum atomic E-state index is 13.0. The lowest BCUT2D eigenvalue weighted by Gasteiger charge is -2.35. The summed E-state index contributed by atoms with van der Waals surface area (Å²) in [5.41, 5.74) is 1.77. The van der Waals surface area contributed by atoms with Crippen molar-refractivity contribution in [2.75, 3.05) is 31.1 Å². The van der Waals surface area contributed by atoms with Gasteiger partial charge in [0.05, 0.1) is 11.1 Å². The van der Waals surface area contributed by atoms with Gasteiger partial charge in [-0.3, -0.25) is 4.79 Å². The normalized spacial score (nSPS) is 15.0. The molecule has 3 heterocycles. The summed E-state index contributed by atoms with van der Waals surface area (Å²) in [6.45, 7) is 2.96. The molecule has 0 aliphatic carbocycles. The molecule has 0 unspecified atom stereocenters. The van der Waals surface area contributed by atoms with Gasteiger partial charge >= 0.3 is 0 Å². The predicted molar refractivity (Wildman–Crippen MR) is 93.1 cm³/mol. The number of piperazine rings is 1. The first kappa shape index (κ1) is 14.7. The summed E-state index contributed by atoms with van der Waals surface area (Å²) in [6, 6.07) is 9.86. The lowest BCUT2D eigenvalue weighted by atomic mass is 10.1. The number of hydrogen-bond donors (Lipinski definition) is 0. The van der Waals surface area contributed by atoms with Gasteiger partial charge in [0.2, 0.25) is 0 Å². The van der Waals surface area contributed by atoms with Crippen molar-refractivity contribution in [3.05, 3.63) is 54.6 Å². The van der Waals surface area contributed by atoms with Crippen LogP contribution in [0.3, 0.4) is 0 Å². The molecule has 0 radical (unpaired) electrons. The second kappa shape index (κ2) is 5.96. The number of para-hydroxylation sites is 1. The summed E-state index contributed by atoms with van der Waals surface area (Å²) in [4.78, 5) is 25.3. The highest BCUT2D eigenvalue weighted by molar-refractivity contribution is 6.06. The molecule has 6 nitrogen and oxygen atoms in total. The summed E-state index contributed by atoms with van der Waals surface area (Å²) in [6.07, 6.45) is 5.30. The van der Waals surface area contributed by atoms with Gasteiger partial charge in [0, 0.05) is 51.0 Å². The minimum atomic E-state index is 0.102. The van der Waals surface area contributed by atoms with Crippen LogP contribution in [0, 0.1) is 0 Å². The molecule has 0 bridgehead atoms. The number of rotatable bonds is 2. The Morgan fingerprint density at radius 2 is 1.92 bits per heavy atom. The summed E-state index contributed by atoms with van der Waals surface area (Å²) >= 11 is 0. The molecular weight excluding hydrogens is 302 g/mol. The fraction of sp³-hybridized carbons (Fsp3) is 0.278. The lowest BCUT2D eigenvalue weighted by molar-refractivity contribution is 0.0748. The van der Waals surface area contributed by atoms with Crippen LogP contribution >= 0.6 is 0 Å². The molecule has 1 aromatic carbocycles. The molecule has 24 heavy (non-hydrogen) atoms. The molecule has 1 aliphatic heterocycles. The van der Waals surface area contributed by atoms with Crippen molar-refractivity contribution < 1.29 is 4.79 Å². The molecule has 1 aliphatic rings. The van der Waals surface area contributed by atoms with Gasteiger partial charge in [-0.1, -0.05) is 12.1 Å². The predicted octanol–water partition coefficient (Wildman–Crippen LogP) is 1.93. The van der Waals surface area contributed by atoms with E-state index in [1.165, 1.54) is 0 Å². The molecule has 2 aromatic heterocycles. The van der Waals surface area contributed by atoms with Gasteiger partial charge in [-0.2, -0.15) is 0 Å². The number of carbonyl (C=O) groups is 1. The van der Waals surface area contributed by atoms with E-state index < -0.39 is 0 Å². The fourth-order valence-electron chi connectivity index (χ4n) is 3.31. The summed E-state index contributed by atoms with van der Waals surface area (Å²) in [5.74, 6) is 1.02. The topological polar surface area (TPSA) is 54.3 Å². The molecule has 1 saturated heterocycles. The third-order valence-corrected chi connectivity index (χ3v) is 4.59. The third-order valence-electron chi connectivity index (χ3n) is 4.59. The molecule has 0 saturated carbocycles. The van der Waals surface area contributed by atoms with Crippen molar-refractivity contribution in [2.24, 2.45) is 7.05 Å². The van der Waals surface area contributed by atoms with Gasteiger partial charge in [-0.15, -0.1) is 0 Å². The minimum Gasteiger partial charge on any atom is -0.353 e. The number of hydrogen-bond acceptors (Lipinski definition) is 4. The van der Waals surface area contributed by atoms with Crippen molar-refractivity contribution in [3.63, 3.8) is 0 Å². The molecule has 1 amide bonds. The summed E-state index contributed by atoms with van der Waals surface area (Å²) in [7, 11) is 1.98. The Hall–Kier alpha value is -2.89. The number of aryl methyl sites for hydroxylation is 1. The van der Waals surface area contributed by atoms with Gasteiger partial charge < -0.3 is 14.4 Å².